The second-order valence-corrected chi connectivity index (χ2v) is 5.75. The maximum atomic E-state index is 12.5. The maximum Gasteiger partial charge on any atom is 0.302 e. The van der Waals surface area contributed by atoms with E-state index < -0.39 is 21.9 Å². The van der Waals surface area contributed by atoms with Gasteiger partial charge in [0.05, 0.1) is 12.3 Å². The van der Waals surface area contributed by atoms with Crippen molar-refractivity contribution in [2.75, 3.05) is 32.9 Å². The van der Waals surface area contributed by atoms with E-state index in [2.05, 4.69) is 0 Å². The lowest BCUT2D eigenvalue weighted by atomic mass is 10.1. The highest BCUT2D eigenvalue weighted by molar-refractivity contribution is 7.86. The smallest absolute Gasteiger partial charge is 0.302 e. The third-order valence-corrected chi connectivity index (χ3v) is 3.42. The van der Waals surface area contributed by atoms with Crippen LogP contribution in [-0.4, -0.2) is 63.0 Å². The Labute approximate surface area is 99.6 Å². The predicted octanol–water partition coefficient (Wildman–Crippen LogP) is -0.778. The molecule has 1 saturated heterocycles. The van der Waals surface area contributed by atoms with Gasteiger partial charge in [0.2, 0.25) is 11.8 Å². The summed E-state index contributed by atoms with van der Waals surface area (Å²) in [6, 6.07) is 0. The van der Waals surface area contributed by atoms with Crippen LogP contribution in [0.15, 0.2) is 0 Å². The molecule has 1 unspecified atom stereocenters. The Morgan fingerprint density at radius 2 is 2.12 bits per heavy atom. The zero-order valence-electron chi connectivity index (χ0n) is 9.72. The molecule has 1 heterocycles. The van der Waals surface area contributed by atoms with Gasteiger partial charge in [-0.2, -0.15) is 8.42 Å². The Hall–Kier alpha value is -1.18. The van der Waals surface area contributed by atoms with E-state index in [9.17, 15) is 21.9 Å². The summed E-state index contributed by atoms with van der Waals surface area (Å²) in [6.45, 7) is 0.0240. The van der Waals surface area contributed by atoms with Gasteiger partial charge in [-0.1, -0.05) is 0 Å². The zero-order valence-corrected chi connectivity index (χ0v) is 10.5. The summed E-state index contributed by atoms with van der Waals surface area (Å²) in [4.78, 5) is 25.4. The van der Waals surface area contributed by atoms with E-state index in [0.717, 1.165) is 0 Å². The molecule has 0 aromatic heterocycles. The summed E-state index contributed by atoms with van der Waals surface area (Å²) in [7, 11) is -1.45. The molecule has 8 heteroatoms. The summed E-state index contributed by atoms with van der Waals surface area (Å²) in [6.07, 6.45) is -0.0239. The quantitative estimate of drug-likeness (QED) is 0.626. The Bertz CT molecular complexity index is 421. The van der Waals surface area contributed by atoms with E-state index >= 15 is 0 Å². The first-order valence-electron chi connectivity index (χ1n) is 5.09. The average Bonchev–Trinajstić information content (AvgIpc) is 2.43. The summed E-state index contributed by atoms with van der Waals surface area (Å²) in [5, 5.41) is 0. The van der Waals surface area contributed by atoms with E-state index in [1.807, 2.05) is 0 Å². The third-order valence-electron chi connectivity index (χ3n) is 2.55. The predicted molar refractivity (Wildman–Crippen MR) is 58.3 cm³/mol. The van der Waals surface area contributed by atoms with Crippen LogP contribution in [0, 0.1) is 5.92 Å². The van der Waals surface area contributed by atoms with Crippen LogP contribution < -0.4 is 0 Å². The van der Waals surface area contributed by atoms with Gasteiger partial charge in [0.1, 0.15) is 0 Å². The van der Waals surface area contributed by atoms with Gasteiger partial charge in [-0.3, -0.25) is 9.59 Å². The minimum atomic E-state index is -4.57. The molecule has 1 fully saturated rings. The van der Waals surface area contributed by atoms with Crippen molar-refractivity contribution in [1.29, 1.82) is 0 Å². The Morgan fingerprint density at radius 3 is 2.59 bits per heavy atom. The fourth-order valence-electron chi connectivity index (χ4n) is 1.70. The number of carbonyl (C=O) groups is 2. The summed E-state index contributed by atoms with van der Waals surface area (Å²) >= 11 is 0. The summed E-state index contributed by atoms with van der Waals surface area (Å²) in [5.74, 6) is -1.78. The highest BCUT2D eigenvalue weighted by Gasteiger charge is 2.33. The number of hydrogen-bond donors (Lipinski definition) is 0. The van der Waals surface area contributed by atoms with Crippen molar-refractivity contribution >= 4 is 22.0 Å². The van der Waals surface area contributed by atoms with Gasteiger partial charge in [0, 0.05) is 33.0 Å². The average molecular weight is 266 g/mol. The van der Waals surface area contributed by atoms with Gasteiger partial charge in [-0.15, -0.1) is 3.89 Å². The molecule has 0 spiro atoms. The highest BCUT2D eigenvalue weighted by Crippen LogP contribution is 2.19. The Balaban J connectivity index is 2.56. The van der Waals surface area contributed by atoms with Crippen molar-refractivity contribution in [2.24, 2.45) is 5.92 Å². The van der Waals surface area contributed by atoms with Crippen molar-refractivity contribution in [2.45, 2.75) is 6.42 Å². The topological polar surface area (TPSA) is 74.8 Å². The lowest BCUT2D eigenvalue weighted by Gasteiger charge is -2.18. The lowest BCUT2D eigenvalue weighted by Crippen LogP contribution is -2.37. The normalized spacial score (nSPS) is 20.8. The zero-order chi connectivity index (χ0) is 13.2. The van der Waals surface area contributed by atoms with Crippen LogP contribution >= 0.6 is 0 Å². The molecule has 1 rings (SSSR count). The molecule has 0 bridgehead atoms. The van der Waals surface area contributed by atoms with Gasteiger partial charge in [0.25, 0.3) is 0 Å². The van der Waals surface area contributed by atoms with Gasteiger partial charge in [-0.05, 0) is 0 Å². The molecule has 1 aliphatic heterocycles. The van der Waals surface area contributed by atoms with Crippen LogP contribution in [0.5, 0.6) is 0 Å². The van der Waals surface area contributed by atoms with Gasteiger partial charge < -0.3 is 9.80 Å². The van der Waals surface area contributed by atoms with Crippen molar-refractivity contribution in [1.82, 2.24) is 9.80 Å². The molecule has 1 atom stereocenters. The maximum absolute atomic E-state index is 12.5. The molecule has 2 amide bonds. The minimum absolute atomic E-state index is 0.0239. The number of likely N-dealkylation sites (tertiary alicyclic amines) is 1. The molecule has 0 aromatic rings. The van der Waals surface area contributed by atoms with Crippen molar-refractivity contribution in [3.05, 3.63) is 0 Å². The van der Waals surface area contributed by atoms with E-state index in [1.54, 1.807) is 14.1 Å². The number of nitrogens with zero attached hydrogens (tertiary/aromatic N) is 2. The number of halogens is 1. The Kier molecular flexibility index (Phi) is 4.07. The molecule has 0 aliphatic carbocycles. The fraction of sp³-hybridized carbons (Fsp3) is 0.778. The van der Waals surface area contributed by atoms with E-state index in [-0.39, 0.29) is 31.3 Å². The molecule has 98 valence electrons. The van der Waals surface area contributed by atoms with E-state index in [0.29, 0.717) is 0 Å². The van der Waals surface area contributed by atoms with Gasteiger partial charge in [0.15, 0.2) is 0 Å². The highest BCUT2D eigenvalue weighted by atomic mass is 32.3. The molecule has 17 heavy (non-hydrogen) atoms. The van der Waals surface area contributed by atoms with Gasteiger partial charge in [-0.25, -0.2) is 0 Å². The van der Waals surface area contributed by atoms with Crippen LogP contribution in [0.2, 0.25) is 0 Å². The molecule has 0 aromatic carbocycles. The van der Waals surface area contributed by atoms with Crippen LogP contribution in [0.1, 0.15) is 6.42 Å². The standard InChI is InChI=1S/C9H15FN2O4S/c1-11(2)9(14)5-12-4-7(3-8(12)13)6-17(10,15)16/h7H,3-6H2,1-2H3. The first-order valence-corrected chi connectivity index (χ1v) is 6.64. The second kappa shape index (κ2) is 4.99. The van der Waals surface area contributed by atoms with Crippen LogP contribution in [0.4, 0.5) is 3.89 Å². The van der Waals surface area contributed by atoms with Crippen LogP contribution in [0.25, 0.3) is 0 Å². The molecule has 0 radical (unpaired) electrons. The fourth-order valence-corrected chi connectivity index (χ4v) is 2.49. The minimum Gasteiger partial charge on any atom is -0.347 e. The number of amides is 2. The number of hydrogen-bond acceptors (Lipinski definition) is 4. The third kappa shape index (κ3) is 4.29. The Morgan fingerprint density at radius 1 is 1.53 bits per heavy atom. The van der Waals surface area contributed by atoms with Crippen LogP contribution in [0.3, 0.4) is 0 Å². The number of carbonyl (C=O) groups excluding carboxylic acids is 2. The van der Waals surface area contributed by atoms with Crippen LogP contribution in [-0.2, 0) is 19.8 Å². The monoisotopic (exact) mass is 266 g/mol. The molecule has 0 saturated carbocycles. The van der Waals surface area contributed by atoms with Gasteiger partial charge >= 0.3 is 10.2 Å². The molecular weight excluding hydrogens is 251 g/mol. The van der Waals surface area contributed by atoms with E-state index in [4.69, 9.17) is 0 Å². The van der Waals surface area contributed by atoms with Crippen molar-refractivity contribution < 1.29 is 21.9 Å². The molecule has 6 nitrogen and oxygen atoms in total. The first-order chi connectivity index (χ1) is 7.69. The largest absolute Gasteiger partial charge is 0.347 e. The second-order valence-electron chi connectivity index (χ2n) is 4.34. The molecule has 1 aliphatic rings. The van der Waals surface area contributed by atoms with Crippen molar-refractivity contribution in [3.8, 4) is 0 Å². The SMILES string of the molecule is CN(C)C(=O)CN1CC(CS(=O)(=O)F)CC1=O. The molecular formula is C9H15FN2O4S. The first kappa shape index (κ1) is 13.9. The molecule has 0 N–H and O–H groups in total. The lowest BCUT2D eigenvalue weighted by molar-refractivity contribution is -0.136. The van der Waals surface area contributed by atoms with Crippen molar-refractivity contribution in [3.63, 3.8) is 0 Å². The summed E-state index contributed by atoms with van der Waals surface area (Å²) in [5.41, 5.74) is 0. The number of rotatable bonds is 4. The van der Waals surface area contributed by atoms with E-state index in [1.165, 1.54) is 9.80 Å². The number of likely N-dealkylation sites (N-methyl/N-ethyl adjacent to an activating group) is 1. The summed E-state index contributed by atoms with van der Waals surface area (Å²) < 4.78 is 33.4.